The molecule has 0 aliphatic carbocycles. The molecule has 0 amide bonds. The Labute approximate surface area is 79.4 Å². The molecule has 0 N–H and O–H groups in total. The average Bonchev–Trinajstić information content (AvgIpc) is 1.79. The number of allylic oxidation sites excluding steroid dienone is 2. The second-order valence-electron chi connectivity index (χ2n) is 1.36. The van der Waals surface area contributed by atoms with Gasteiger partial charge >= 0.3 is 23.1 Å². The van der Waals surface area contributed by atoms with E-state index < -0.39 is 11.9 Å². The molecule has 0 saturated heterocycles. The quantitative estimate of drug-likeness (QED) is 0.257. The summed E-state index contributed by atoms with van der Waals surface area (Å²) in [4.78, 5) is 19.3. The molecule has 0 aromatic rings. The molecule has 54 valence electrons. The van der Waals surface area contributed by atoms with Crippen LogP contribution in [0.5, 0.6) is 0 Å². The van der Waals surface area contributed by atoms with Gasteiger partial charge in [0.1, 0.15) is 0 Å². The molecule has 4 nitrogen and oxygen atoms in total. The third-order valence-corrected chi connectivity index (χ3v) is 0.576. The monoisotopic (exact) mass is 164 g/mol. The van der Waals surface area contributed by atoms with E-state index in [1.165, 1.54) is 0 Å². The molecule has 0 rings (SSSR count). The Morgan fingerprint density at radius 2 is 1.18 bits per heavy atom. The minimum atomic E-state index is -1.37. The van der Waals surface area contributed by atoms with Crippen molar-refractivity contribution in [1.29, 1.82) is 0 Å². The van der Waals surface area contributed by atoms with E-state index in [1.54, 1.807) is 0 Å². The van der Waals surface area contributed by atoms with Gasteiger partial charge < -0.3 is 19.8 Å². The van der Waals surface area contributed by atoms with Crippen LogP contribution in [0.3, 0.4) is 0 Å². The second-order valence-corrected chi connectivity index (χ2v) is 1.36. The fourth-order valence-corrected chi connectivity index (χ4v) is 0.268. The van der Waals surface area contributed by atoms with E-state index in [1.807, 2.05) is 0 Å². The molecule has 0 unspecified atom stereocenters. The summed E-state index contributed by atoms with van der Waals surface area (Å²) >= 11 is 0. The van der Waals surface area contributed by atoms with Gasteiger partial charge in [0, 0.05) is 0 Å². The van der Waals surface area contributed by atoms with Gasteiger partial charge in [-0.1, -0.05) is 12.2 Å². The van der Waals surface area contributed by atoms with E-state index in [0.717, 1.165) is 12.2 Å². The zero-order valence-corrected chi connectivity index (χ0v) is 7.06. The first kappa shape index (κ1) is 12.8. The summed E-state index contributed by atoms with van der Waals surface area (Å²) in [5.41, 5.74) is 0. The molecule has 0 aliphatic rings. The molecule has 5 heteroatoms. The minimum absolute atomic E-state index is 0. The van der Waals surface area contributed by atoms with Gasteiger partial charge in [-0.2, -0.15) is 0 Å². The van der Waals surface area contributed by atoms with Crippen LogP contribution in [0.25, 0.3) is 0 Å². The van der Waals surface area contributed by atoms with Crippen LogP contribution in [0.2, 0.25) is 0 Å². The van der Waals surface area contributed by atoms with Crippen LogP contribution in [-0.4, -0.2) is 35.0 Å². The summed E-state index contributed by atoms with van der Waals surface area (Å²) in [6, 6.07) is 0. The molecular formula is C6H4MgO4. The molecule has 0 radical (unpaired) electrons. The SMILES string of the molecule is O=C([O-])/C=C/C=C/C(=O)[O-].[Mg+2]. The van der Waals surface area contributed by atoms with Gasteiger partial charge in [0.15, 0.2) is 0 Å². The zero-order valence-electron chi connectivity index (χ0n) is 5.65. The maximum atomic E-state index is 9.65. The van der Waals surface area contributed by atoms with Crippen molar-refractivity contribution in [2.45, 2.75) is 0 Å². The van der Waals surface area contributed by atoms with Crippen LogP contribution in [0.15, 0.2) is 24.3 Å². The van der Waals surface area contributed by atoms with Gasteiger partial charge in [0.05, 0.1) is 11.9 Å². The van der Waals surface area contributed by atoms with Crippen molar-refractivity contribution in [3.8, 4) is 0 Å². The maximum absolute atomic E-state index is 9.65. The molecule has 0 aliphatic heterocycles. The summed E-state index contributed by atoms with van der Waals surface area (Å²) < 4.78 is 0. The van der Waals surface area contributed by atoms with Gasteiger partial charge in [-0.05, 0) is 12.2 Å². The van der Waals surface area contributed by atoms with E-state index in [2.05, 4.69) is 0 Å². The van der Waals surface area contributed by atoms with Gasteiger partial charge in [-0.25, -0.2) is 0 Å². The van der Waals surface area contributed by atoms with Crippen LogP contribution in [0.1, 0.15) is 0 Å². The number of carboxylic acids is 2. The van der Waals surface area contributed by atoms with E-state index in [-0.39, 0.29) is 23.1 Å². The molecule has 0 atom stereocenters. The normalized spacial score (nSPS) is 9.82. The molecule has 0 aromatic carbocycles. The zero-order chi connectivity index (χ0) is 7.98. The summed E-state index contributed by atoms with van der Waals surface area (Å²) in [6.07, 6.45) is 3.48. The van der Waals surface area contributed by atoms with Crippen LogP contribution in [-0.2, 0) is 9.59 Å². The van der Waals surface area contributed by atoms with Crippen LogP contribution < -0.4 is 10.2 Å². The number of hydrogen-bond acceptors (Lipinski definition) is 4. The van der Waals surface area contributed by atoms with Crippen molar-refractivity contribution < 1.29 is 19.8 Å². The van der Waals surface area contributed by atoms with E-state index >= 15 is 0 Å². The first-order valence-electron chi connectivity index (χ1n) is 2.39. The van der Waals surface area contributed by atoms with Crippen LogP contribution in [0.4, 0.5) is 0 Å². The van der Waals surface area contributed by atoms with Crippen molar-refractivity contribution >= 4 is 35.0 Å². The Morgan fingerprint density at radius 1 is 0.909 bits per heavy atom. The summed E-state index contributed by atoms with van der Waals surface area (Å²) in [5.74, 6) is -2.74. The van der Waals surface area contributed by atoms with E-state index in [4.69, 9.17) is 0 Å². The van der Waals surface area contributed by atoms with Crippen molar-refractivity contribution in [2.75, 3.05) is 0 Å². The van der Waals surface area contributed by atoms with Gasteiger partial charge in [-0.15, -0.1) is 0 Å². The molecule has 0 heterocycles. The largest absolute Gasteiger partial charge is 2.00 e. The van der Waals surface area contributed by atoms with Crippen LogP contribution in [0, 0.1) is 0 Å². The number of hydrogen-bond donors (Lipinski definition) is 0. The fourth-order valence-electron chi connectivity index (χ4n) is 0.268. The molecule has 0 saturated carbocycles. The Hall–Kier alpha value is -0.814. The Morgan fingerprint density at radius 3 is 1.36 bits per heavy atom. The Balaban J connectivity index is 0. The molecule has 0 bridgehead atoms. The summed E-state index contributed by atoms with van der Waals surface area (Å²) in [6.45, 7) is 0. The van der Waals surface area contributed by atoms with Crippen molar-refractivity contribution in [3.05, 3.63) is 24.3 Å². The predicted molar refractivity (Wildman–Crippen MR) is 34.0 cm³/mol. The second kappa shape index (κ2) is 7.30. The van der Waals surface area contributed by atoms with Crippen molar-refractivity contribution in [1.82, 2.24) is 0 Å². The van der Waals surface area contributed by atoms with E-state index in [0.29, 0.717) is 12.2 Å². The van der Waals surface area contributed by atoms with Gasteiger partial charge in [0.25, 0.3) is 0 Å². The molecule has 0 spiro atoms. The fraction of sp³-hybridized carbons (Fsp3) is 0. The molecule has 11 heavy (non-hydrogen) atoms. The number of carboxylic acid groups (broad SMARTS) is 2. The van der Waals surface area contributed by atoms with E-state index in [9.17, 15) is 19.8 Å². The topological polar surface area (TPSA) is 80.3 Å². The maximum Gasteiger partial charge on any atom is 2.00 e. The molecule has 0 aromatic heterocycles. The number of carbonyl (C=O) groups is 2. The number of carbonyl (C=O) groups excluding carboxylic acids is 2. The van der Waals surface area contributed by atoms with Gasteiger partial charge in [-0.3, -0.25) is 0 Å². The minimum Gasteiger partial charge on any atom is -0.545 e. The smallest absolute Gasteiger partial charge is 0.545 e. The number of rotatable bonds is 3. The van der Waals surface area contributed by atoms with Crippen molar-refractivity contribution in [3.63, 3.8) is 0 Å². The van der Waals surface area contributed by atoms with Crippen LogP contribution >= 0.6 is 0 Å². The Bertz CT molecular complexity index is 173. The Kier molecular flexibility index (Phi) is 8.51. The van der Waals surface area contributed by atoms with Crippen molar-refractivity contribution in [2.24, 2.45) is 0 Å². The molecule has 0 fully saturated rings. The standard InChI is InChI=1S/C6H6O4.Mg/c7-5(8)3-1-2-4-6(9)10;/h1-4H,(H,7,8)(H,9,10);/q;+2/p-2/b3-1+,4-2+;. The third kappa shape index (κ3) is 12.4. The average molecular weight is 164 g/mol. The van der Waals surface area contributed by atoms with Gasteiger partial charge in [0.2, 0.25) is 0 Å². The predicted octanol–water partition coefficient (Wildman–Crippen LogP) is -2.78. The number of aliphatic carboxylic acids is 2. The molecular weight excluding hydrogens is 160 g/mol. The third-order valence-electron chi connectivity index (χ3n) is 0.576. The first-order chi connectivity index (χ1) is 4.63. The summed E-state index contributed by atoms with van der Waals surface area (Å²) in [5, 5.41) is 19.3. The summed E-state index contributed by atoms with van der Waals surface area (Å²) in [7, 11) is 0. The first-order valence-corrected chi connectivity index (χ1v) is 2.39.